The number of aryl methyl sites for hydroxylation is 2. The van der Waals surface area contributed by atoms with Crippen molar-refractivity contribution in [2.75, 3.05) is 13.7 Å². The van der Waals surface area contributed by atoms with Crippen molar-refractivity contribution in [3.8, 4) is 11.3 Å². The average molecular weight is 645 g/mol. The zero-order valence-electron chi connectivity index (χ0n) is 24.1. The standard InChI is InChI=1S/C29H33F5N4O5S/c1-14-4-5-15(2)35-22(14)26(28(41)6-8-29(33,34)9-7-28)44-27-25(42-3)23(24(40)20(13-39)43-27)38-12-19(36-37-38)16-10-17(30)21(32)18(31)11-16/h4-5,10-12,20,23-27,39-41H,6-9,13H2,1-3H3/t20-,23+,24+,25-,26?,27+/m1/s1. The minimum absolute atomic E-state index is 0.0315. The quantitative estimate of drug-likeness (QED) is 0.242. The lowest BCUT2D eigenvalue weighted by Crippen LogP contribution is -2.56. The molecule has 1 aliphatic heterocycles. The van der Waals surface area contributed by atoms with Gasteiger partial charge in [-0.1, -0.05) is 11.3 Å². The first-order valence-corrected chi connectivity index (χ1v) is 14.9. The highest BCUT2D eigenvalue weighted by Gasteiger charge is 2.53. The van der Waals surface area contributed by atoms with Crippen LogP contribution in [0.15, 0.2) is 30.5 Å². The molecule has 2 fully saturated rings. The van der Waals surface area contributed by atoms with Crippen LogP contribution in [0, 0.1) is 31.3 Å². The largest absolute Gasteiger partial charge is 0.394 e. The minimum atomic E-state index is -2.91. The third kappa shape index (κ3) is 6.35. The molecule has 0 amide bonds. The molecule has 6 atom stereocenters. The van der Waals surface area contributed by atoms with E-state index in [2.05, 4.69) is 15.3 Å². The number of thioether (sulfide) groups is 1. The van der Waals surface area contributed by atoms with Gasteiger partial charge in [0, 0.05) is 31.2 Å². The average Bonchev–Trinajstić information content (AvgIpc) is 3.47. The molecule has 44 heavy (non-hydrogen) atoms. The number of rotatable bonds is 8. The Bertz CT molecular complexity index is 1460. The SMILES string of the molecule is CO[C@@H]1[C@@H](n2cc(-c3cc(F)c(F)c(F)c3)nn2)[C@@H](O)[C@@H](CO)O[C@H]1SC(c1nc(C)ccc1C)C1(O)CCC(F)(F)CC1. The van der Waals surface area contributed by atoms with Crippen molar-refractivity contribution in [2.24, 2.45) is 0 Å². The molecule has 1 saturated heterocycles. The highest BCUT2D eigenvalue weighted by molar-refractivity contribution is 8.00. The molecule has 5 rings (SSSR count). The number of aliphatic hydroxyl groups is 3. The van der Waals surface area contributed by atoms with Gasteiger partial charge in [0.15, 0.2) is 17.5 Å². The van der Waals surface area contributed by atoms with Crippen LogP contribution < -0.4 is 0 Å². The van der Waals surface area contributed by atoms with Crippen LogP contribution in [0.1, 0.15) is 53.9 Å². The highest BCUT2D eigenvalue weighted by Crippen LogP contribution is 2.53. The molecule has 3 aromatic rings. The number of aliphatic hydroxyl groups excluding tert-OH is 2. The molecule has 1 aromatic carbocycles. The van der Waals surface area contributed by atoms with Crippen molar-refractivity contribution in [3.05, 3.63) is 64.9 Å². The first-order valence-electron chi connectivity index (χ1n) is 14.0. The highest BCUT2D eigenvalue weighted by atomic mass is 32.2. The summed E-state index contributed by atoms with van der Waals surface area (Å²) in [5.74, 6) is -7.39. The molecule has 9 nitrogen and oxygen atoms in total. The van der Waals surface area contributed by atoms with Gasteiger partial charge in [0.25, 0.3) is 0 Å². The maximum Gasteiger partial charge on any atom is 0.248 e. The Morgan fingerprint density at radius 1 is 1.11 bits per heavy atom. The van der Waals surface area contributed by atoms with Crippen LogP contribution >= 0.6 is 11.8 Å². The summed E-state index contributed by atoms with van der Waals surface area (Å²) >= 11 is 1.08. The van der Waals surface area contributed by atoms with E-state index in [0.717, 1.165) is 29.5 Å². The monoisotopic (exact) mass is 644 g/mol. The van der Waals surface area contributed by atoms with E-state index >= 15 is 0 Å². The Kier molecular flexibility index (Phi) is 9.36. The summed E-state index contributed by atoms with van der Waals surface area (Å²) in [6, 6.07) is 4.06. The number of aromatic nitrogens is 4. The van der Waals surface area contributed by atoms with Crippen LogP contribution in [-0.2, 0) is 9.47 Å². The van der Waals surface area contributed by atoms with Gasteiger partial charge in [-0.15, -0.1) is 16.9 Å². The predicted octanol–water partition coefficient (Wildman–Crippen LogP) is 4.42. The molecule has 2 aliphatic rings. The van der Waals surface area contributed by atoms with Crippen LogP contribution in [0.2, 0.25) is 0 Å². The molecule has 1 unspecified atom stereocenters. The van der Waals surface area contributed by atoms with Gasteiger partial charge in [0.05, 0.1) is 29.3 Å². The van der Waals surface area contributed by atoms with Crippen molar-refractivity contribution in [2.45, 2.75) is 86.1 Å². The number of pyridine rings is 1. The zero-order valence-corrected chi connectivity index (χ0v) is 24.9. The van der Waals surface area contributed by atoms with E-state index in [0.29, 0.717) is 11.4 Å². The first-order chi connectivity index (χ1) is 20.8. The normalized spacial score (nSPS) is 27.3. The van der Waals surface area contributed by atoms with Gasteiger partial charge in [0.2, 0.25) is 5.92 Å². The van der Waals surface area contributed by atoms with E-state index in [-0.39, 0.29) is 24.1 Å². The van der Waals surface area contributed by atoms with Gasteiger partial charge < -0.3 is 24.8 Å². The second-order valence-corrected chi connectivity index (χ2v) is 12.6. The van der Waals surface area contributed by atoms with Gasteiger partial charge in [-0.2, -0.15) is 0 Å². The predicted molar refractivity (Wildman–Crippen MR) is 149 cm³/mol. The Labute approximate surface area is 254 Å². The summed E-state index contributed by atoms with van der Waals surface area (Å²) < 4.78 is 82.8. The summed E-state index contributed by atoms with van der Waals surface area (Å²) in [6.45, 7) is 2.95. The molecular weight excluding hydrogens is 611 g/mol. The summed E-state index contributed by atoms with van der Waals surface area (Å²) in [5, 5.41) is 40.3. The van der Waals surface area contributed by atoms with Gasteiger partial charge >= 0.3 is 0 Å². The number of nitrogens with zero attached hydrogens (tertiary/aromatic N) is 4. The summed E-state index contributed by atoms with van der Waals surface area (Å²) in [7, 11) is 1.35. The van der Waals surface area contributed by atoms with E-state index < -0.39 is 83.5 Å². The van der Waals surface area contributed by atoms with E-state index in [1.165, 1.54) is 18.0 Å². The third-order valence-electron chi connectivity index (χ3n) is 8.32. The Balaban J connectivity index is 1.52. The molecule has 3 heterocycles. The van der Waals surface area contributed by atoms with Crippen molar-refractivity contribution in [1.29, 1.82) is 0 Å². The molecule has 240 valence electrons. The van der Waals surface area contributed by atoms with Crippen LogP contribution in [0.5, 0.6) is 0 Å². The van der Waals surface area contributed by atoms with Gasteiger partial charge in [-0.25, -0.2) is 26.6 Å². The fourth-order valence-electron chi connectivity index (χ4n) is 5.78. The van der Waals surface area contributed by atoms with Gasteiger partial charge in [-0.05, 0) is 50.5 Å². The van der Waals surface area contributed by atoms with Crippen molar-refractivity contribution in [1.82, 2.24) is 20.0 Å². The number of methoxy groups -OCH3 is 1. The number of ether oxygens (including phenoxy) is 2. The lowest BCUT2D eigenvalue weighted by molar-refractivity contribution is -0.186. The number of hydrogen-bond acceptors (Lipinski definition) is 9. The molecule has 0 spiro atoms. The number of hydrogen-bond donors (Lipinski definition) is 3. The molecule has 1 saturated carbocycles. The van der Waals surface area contributed by atoms with E-state index in [1.807, 2.05) is 6.07 Å². The fourth-order valence-corrected chi connectivity index (χ4v) is 7.54. The van der Waals surface area contributed by atoms with E-state index in [4.69, 9.17) is 9.47 Å². The number of halogens is 5. The number of alkyl halides is 2. The topological polar surface area (TPSA) is 123 Å². The first kappa shape index (κ1) is 32.7. The molecule has 15 heteroatoms. The lowest BCUT2D eigenvalue weighted by atomic mass is 9.79. The Morgan fingerprint density at radius 3 is 2.39 bits per heavy atom. The fraction of sp³-hybridized carbons (Fsp3) is 0.552. The summed E-state index contributed by atoms with van der Waals surface area (Å²) in [5.41, 5.74) is -0.888. The molecule has 0 bridgehead atoms. The second kappa shape index (κ2) is 12.6. The summed E-state index contributed by atoms with van der Waals surface area (Å²) in [6.07, 6.45) is -3.76. The molecule has 3 N–H and O–H groups in total. The zero-order chi connectivity index (χ0) is 32.0. The van der Waals surface area contributed by atoms with Crippen LogP contribution in [0.25, 0.3) is 11.3 Å². The van der Waals surface area contributed by atoms with Crippen molar-refractivity contribution < 1.29 is 46.7 Å². The third-order valence-corrected chi connectivity index (χ3v) is 9.90. The van der Waals surface area contributed by atoms with Crippen LogP contribution in [-0.4, -0.2) is 84.3 Å². The van der Waals surface area contributed by atoms with Gasteiger partial charge in [0.1, 0.15) is 35.5 Å². The smallest absolute Gasteiger partial charge is 0.248 e. The van der Waals surface area contributed by atoms with E-state index in [1.54, 1.807) is 19.9 Å². The van der Waals surface area contributed by atoms with Crippen molar-refractivity contribution in [3.63, 3.8) is 0 Å². The second-order valence-electron chi connectivity index (χ2n) is 11.4. The number of benzene rings is 1. The molecule has 0 radical (unpaired) electrons. The maximum absolute atomic E-state index is 14.2. The minimum Gasteiger partial charge on any atom is -0.394 e. The molecule has 2 aromatic heterocycles. The van der Waals surface area contributed by atoms with Crippen molar-refractivity contribution >= 4 is 11.8 Å². The lowest BCUT2D eigenvalue weighted by Gasteiger charge is -2.47. The van der Waals surface area contributed by atoms with Gasteiger partial charge in [-0.3, -0.25) is 4.98 Å². The summed E-state index contributed by atoms with van der Waals surface area (Å²) in [4.78, 5) is 4.66. The van der Waals surface area contributed by atoms with Crippen LogP contribution in [0.4, 0.5) is 22.0 Å². The Hall–Kier alpha value is -2.69. The van der Waals surface area contributed by atoms with Crippen LogP contribution in [0.3, 0.4) is 0 Å². The Morgan fingerprint density at radius 2 is 1.77 bits per heavy atom. The molecule has 1 aliphatic carbocycles. The van der Waals surface area contributed by atoms with E-state index in [9.17, 15) is 37.3 Å². The maximum atomic E-state index is 14.2. The molecular formula is C29H33F5N4O5S.